The molecule has 1 aromatic heterocycles. The van der Waals surface area contributed by atoms with Crippen molar-refractivity contribution >= 4 is 17.6 Å². The second-order valence-corrected chi connectivity index (χ2v) is 4.92. The number of rotatable bonds is 4. The number of carbonyl (C=O) groups excluding carboxylic acids is 2. The fourth-order valence-electron chi connectivity index (χ4n) is 2.21. The van der Waals surface area contributed by atoms with Crippen LogP contribution in [0.3, 0.4) is 0 Å². The lowest BCUT2D eigenvalue weighted by Gasteiger charge is -2.21. The van der Waals surface area contributed by atoms with E-state index >= 15 is 0 Å². The van der Waals surface area contributed by atoms with Crippen molar-refractivity contribution in [2.75, 3.05) is 5.32 Å². The first-order valence-electron chi connectivity index (χ1n) is 6.59. The van der Waals surface area contributed by atoms with Crippen molar-refractivity contribution in [2.24, 2.45) is 0 Å². The summed E-state index contributed by atoms with van der Waals surface area (Å²) >= 11 is 0. The van der Waals surface area contributed by atoms with E-state index in [4.69, 9.17) is 0 Å². The van der Waals surface area contributed by atoms with E-state index in [0.29, 0.717) is 5.82 Å². The van der Waals surface area contributed by atoms with Crippen LogP contribution in [0.15, 0.2) is 18.2 Å². The Morgan fingerprint density at radius 3 is 2.84 bits per heavy atom. The van der Waals surface area contributed by atoms with E-state index < -0.39 is 6.04 Å². The average molecular weight is 261 g/mol. The number of aromatic nitrogens is 1. The molecule has 2 heterocycles. The van der Waals surface area contributed by atoms with Crippen LogP contribution >= 0.6 is 0 Å². The normalized spacial score (nSPS) is 20.8. The molecule has 1 aliphatic heterocycles. The van der Waals surface area contributed by atoms with E-state index in [2.05, 4.69) is 10.3 Å². The number of anilines is 1. The Bertz CT molecular complexity index is 501. The summed E-state index contributed by atoms with van der Waals surface area (Å²) < 4.78 is 0. The smallest absolute Gasteiger partial charge is 0.252 e. The van der Waals surface area contributed by atoms with Crippen LogP contribution in [0.1, 0.15) is 32.4 Å². The van der Waals surface area contributed by atoms with Crippen molar-refractivity contribution in [3.8, 4) is 0 Å². The maximum Gasteiger partial charge on any atom is 0.252 e. The molecular formula is C14H19N3O2. The molecule has 2 unspecified atom stereocenters. The van der Waals surface area contributed by atoms with Gasteiger partial charge in [-0.3, -0.25) is 14.5 Å². The SMILES string of the molecule is CCC(C)N1C(=O)CC(Nc2cccc(C)n2)C1=O. The monoisotopic (exact) mass is 261 g/mol. The van der Waals surface area contributed by atoms with E-state index in [1.54, 1.807) is 6.07 Å². The van der Waals surface area contributed by atoms with Gasteiger partial charge in [0.05, 0.1) is 6.42 Å². The van der Waals surface area contributed by atoms with E-state index in [1.165, 1.54) is 4.90 Å². The molecule has 0 aromatic carbocycles. The highest BCUT2D eigenvalue weighted by Crippen LogP contribution is 2.20. The number of hydrogen-bond acceptors (Lipinski definition) is 4. The van der Waals surface area contributed by atoms with Crippen molar-refractivity contribution in [3.05, 3.63) is 23.9 Å². The highest BCUT2D eigenvalue weighted by atomic mass is 16.2. The molecule has 0 spiro atoms. The molecule has 0 aliphatic carbocycles. The summed E-state index contributed by atoms with van der Waals surface area (Å²) in [5.41, 5.74) is 0.876. The Labute approximate surface area is 113 Å². The maximum atomic E-state index is 12.2. The summed E-state index contributed by atoms with van der Waals surface area (Å²) in [5.74, 6) is 0.379. The fourth-order valence-corrected chi connectivity index (χ4v) is 2.21. The number of amides is 2. The Morgan fingerprint density at radius 1 is 1.47 bits per heavy atom. The Balaban J connectivity index is 2.11. The van der Waals surface area contributed by atoms with Crippen molar-refractivity contribution in [1.82, 2.24) is 9.88 Å². The van der Waals surface area contributed by atoms with E-state index in [1.807, 2.05) is 32.9 Å². The number of nitrogens with one attached hydrogen (secondary N) is 1. The predicted octanol–water partition coefficient (Wildman–Crippen LogP) is 1.73. The fraction of sp³-hybridized carbons (Fsp3) is 0.500. The molecule has 0 saturated carbocycles. The average Bonchev–Trinajstić information content (AvgIpc) is 2.64. The quantitative estimate of drug-likeness (QED) is 0.838. The van der Waals surface area contributed by atoms with Crippen molar-refractivity contribution < 1.29 is 9.59 Å². The third kappa shape index (κ3) is 2.75. The van der Waals surface area contributed by atoms with Crippen LogP contribution in [0, 0.1) is 6.92 Å². The highest BCUT2D eigenvalue weighted by Gasteiger charge is 2.40. The zero-order valence-electron chi connectivity index (χ0n) is 11.5. The molecule has 0 bridgehead atoms. The van der Waals surface area contributed by atoms with Crippen molar-refractivity contribution in [3.63, 3.8) is 0 Å². The number of likely N-dealkylation sites (tertiary alicyclic amines) is 1. The number of pyridine rings is 1. The van der Waals surface area contributed by atoms with Crippen LogP contribution in [0.4, 0.5) is 5.82 Å². The zero-order valence-corrected chi connectivity index (χ0v) is 11.5. The molecule has 102 valence electrons. The molecule has 1 saturated heterocycles. The largest absolute Gasteiger partial charge is 0.358 e. The van der Waals surface area contributed by atoms with Crippen LogP contribution in [0.5, 0.6) is 0 Å². The number of nitrogens with zero attached hydrogens (tertiary/aromatic N) is 2. The van der Waals surface area contributed by atoms with Crippen molar-refractivity contribution in [2.45, 2.75) is 45.7 Å². The maximum absolute atomic E-state index is 12.2. The molecule has 2 rings (SSSR count). The van der Waals surface area contributed by atoms with Crippen LogP contribution in [-0.2, 0) is 9.59 Å². The van der Waals surface area contributed by atoms with Gasteiger partial charge in [-0.2, -0.15) is 0 Å². The summed E-state index contributed by atoms with van der Waals surface area (Å²) in [7, 11) is 0. The molecular weight excluding hydrogens is 242 g/mol. The van der Waals surface area contributed by atoms with Gasteiger partial charge in [0.2, 0.25) is 5.91 Å². The Kier molecular flexibility index (Phi) is 3.83. The number of imide groups is 1. The first kappa shape index (κ1) is 13.5. The Morgan fingerprint density at radius 2 is 2.21 bits per heavy atom. The van der Waals surface area contributed by atoms with E-state index in [-0.39, 0.29) is 24.3 Å². The molecule has 1 aromatic rings. The van der Waals surface area contributed by atoms with Gasteiger partial charge in [0, 0.05) is 11.7 Å². The zero-order chi connectivity index (χ0) is 14.0. The molecule has 19 heavy (non-hydrogen) atoms. The van der Waals surface area contributed by atoms with Gasteiger partial charge in [-0.1, -0.05) is 13.0 Å². The summed E-state index contributed by atoms with van der Waals surface area (Å²) in [4.78, 5) is 29.8. The standard InChI is InChI=1S/C14H19N3O2/c1-4-10(3)17-13(18)8-11(14(17)19)16-12-7-5-6-9(2)15-12/h5-7,10-11H,4,8H2,1-3H3,(H,15,16). The van der Waals surface area contributed by atoms with Crippen LogP contribution in [-0.4, -0.2) is 33.8 Å². The first-order chi connectivity index (χ1) is 9.02. The van der Waals surface area contributed by atoms with Gasteiger partial charge in [0.25, 0.3) is 5.91 Å². The third-order valence-corrected chi connectivity index (χ3v) is 3.43. The van der Waals surface area contributed by atoms with Gasteiger partial charge < -0.3 is 5.32 Å². The van der Waals surface area contributed by atoms with Crippen LogP contribution in [0.2, 0.25) is 0 Å². The summed E-state index contributed by atoms with van der Waals surface area (Å²) in [6.45, 7) is 5.75. The summed E-state index contributed by atoms with van der Waals surface area (Å²) in [5, 5.41) is 3.05. The van der Waals surface area contributed by atoms with E-state index in [0.717, 1.165) is 12.1 Å². The molecule has 2 atom stereocenters. The minimum absolute atomic E-state index is 0.0442. The van der Waals surface area contributed by atoms with Gasteiger partial charge in [-0.15, -0.1) is 0 Å². The summed E-state index contributed by atoms with van der Waals surface area (Å²) in [6, 6.07) is 5.03. The van der Waals surface area contributed by atoms with Crippen molar-refractivity contribution in [1.29, 1.82) is 0 Å². The summed E-state index contributed by atoms with van der Waals surface area (Å²) in [6.07, 6.45) is 0.978. The van der Waals surface area contributed by atoms with Gasteiger partial charge in [-0.25, -0.2) is 4.98 Å². The Hall–Kier alpha value is -1.91. The number of aryl methyl sites for hydroxylation is 1. The third-order valence-electron chi connectivity index (χ3n) is 3.43. The van der Waals surface area contributed by atoms with Gasteiger partial charge in [-0.05, 0) is 32.4 Å². The lowest BCUT2D eigenvalue weighted by atomic mass is 10.2. The first-order valence-corrected chi connectivity index (χ1v) is 6.59. The molecule has 0 radical (unpaired) electrons. The second-order valence-electron chi connectivity index (χ2n) is 4.92. The van der Waals surface area contributed by atoms with Gasteiger partial charge in [0.1, 0.15) is 11.9 Å². The van der Waals surface area contributed by atoms with E-state index in [9.17, 15) is 9.59 Å². The molecule has 2 amide bonds. The molecule has 5 heteroatoms. The molecule has 1 aliphatic rings. The van der Waals surface area contributed by atoms with Crippen LogP contribution < -0.4 is 5.32 Å². The molecule has 1 N–H and O–H groups in total. The van der Waals surface area contributed by atoms with Gasteiger partial charge >= 0.3 is 0 Å². The highest BCUT2D eigenvalue weighted by molar-refractivity contribution is 6.07. The predicted molar refractivity (Wildman–Crippen MR) is 72.6 cm³/mol. The number of hydrogen-bond donors (Lipinski definition) is 1. The molecule has 5 nitrogen and oxygen atoms in total. The number of carbonyl (C=O) groups is 2. The minimum atomic E-state index is -0.490. The topological polar surface area (TPSA) is 62.3 Å². The minimum Gasteiger partial charge on any atom is -0.358 e. The lowest BCUT2D eigenvalue weighted by Crippen LogP contribution is -2.40. The van der Waals surface area contributed by atoms with Gasteiger partial charge in [0.15, 0.2) is 0 Å². The molecule has 1 fully saturated rings. The second kappa shape index (κ2) is 5.38. The lowest BCUT2D eigenvalue weighted by molar-refractivity contribution is -0.140. The van der Waals surface area contributed by atoms with Crippen LogP contribution in [0.25, 0.3) is 0 Å².